The van der Waals surface area contributed by atoms with Gasteiger partial charge in [-0.2, -0.15) is 0 Å². The first-order valence-corrected chi connectivity index (χ1v) is 6.03. The molecule has 22 heavy (non-hydrogen) atoms. The van der Waals surface area contributed by atoms with Crippen LogP contribution in [0.5, 0.6) is 5.75 Å². The van der Waals surface area contributed by atoms with Crippen LogP contribution >= 0.6 is 119 Å². The molecule has 2 N–H and O–H groups in total. The number of phenolic OH excluding ortho intramolecular Hbond substituents is 1. The van der Waals surface area contributed by atoms with Gasteiger partial charge in [-0.25, -0.2) is 4.98 Å². The quantitative estimate of drug-likeness (QED) is 0.270. The zero-order valence-electron chi connectivity index (χ0n) is 10.7. The Bertz CT molecular complexity index is 696. The Hall–Kier alpha value is 1.21. The Morgan fingerprint density at radius 1 is 0.864 bits per heavy atom. The normalized spacial score (nSPS) is 9.00. The first-order chi connectivity index (χ1) is 8.63. The fourth-order valence-electron chi connectivity index (χ4n) is 1.76. The molecule has 3 nitrogen and oxygen atoms in total. The van der Waals surface area contributed by atoms with E-state index in [1.54, 1.807) is 36.4 Å². The minimum absolute atomic E-state index is 0. The summed E-state index contributed by atoms with van der Waals surface area (Å²) in [7, 11) is 0. The highest BCUT2D eigenvalue weighted by Crippen LogP contribution is 2.29. The lowest BCUT2D eigenvalue weighted by atomic mass is 10.2. The second kappa shape index (κ2) is 10.9. The minimum Gasteiger partial charge on any atom is -0.508 e. The molecule has 0 atom stereocenters. The molecule has 0 amide bonds. The average molecular weight is 791 g/mol. The van der Waals surface area contributed by atoms with Crippen LogP contribution in [-0.2, 0) is 0 Å². The number of phenols is 1. The lowest BCUT2D eigenvalue weighted by Gasteiger charge is -1.95. The highest BCUT2D eigenvalue weighted by atomic mass is 127. The SMILES string of the molecule is I.I.I.I.Oc1ccc(-c2nc3cc(Cl)c(Cl)cc3[nH]2)cc1. The molecule has 0 bridgehead atoms. The van der Waals surface area contributed by atoms with Crippen molar-refractivity contribution in [3.05, 3.63) is 46.4 Å². The van der Waals surface area contributed by atoms with E-state index in [1.807, 2.05) is 0 Å². The van der Waals surface area contributed by atoms with Crippen molar-refractivity contribution in [2.75, 3.05) is 0 Å². The Kier molecular flexibility index (Phi) is 12.7. The lowest BCUT2D eigenvalue weighted by Crippen LogP contribution is -1.78. The molecule has 3 rings (SSSR count). The number of halogens is 6. The van der Waals surface area contributed by atoms with Gasteiger partial charge in [-0.3, -0.25) is 0 Å². The number of aromatic amines is 1. The number of hydrogen-bond donors (Lipinski definition) is 2. The highest BCUT2D eigenvalue weighted by molar-refractivity contribution is 14.0. The second-order valence-electron chi connectivity index (χ2n) is 3.92. The van der Waals surface area contributed by atoms with Crippen LogP contribution in [0.25, 0.3) is 22.4 Å². The Morgan fingerprint density at radius 3 is 2.00 bits per heavy atom. The number of hydrogen-bond acceptors (Lipinski definition) is 2. The number of imidazole rings is 1. The first kappa shape index (κ1) is 25.5. The predicted molar refractivity (Wildman–Crippen MR) is 135 cm³/mol. The smallest absolute Gasteiger partial charge is 0.138 e. The average Bonchev–Trinajstić information content (AvgIpc) is 2.73. The molecule has 9 heteroatoms. The second-order valence-corrected chi connectivity index (χ2v) is 4.73. The van der Waals surface area contributed by atoms with Crippen molar-refractivity contribution in [1.82, 2.24) is 9.97 Å². The van der Waals surface area contributed by atoms with Crippen LogP contribution in [0.1, 0.15) is 0 Å². The van der Waals surface area contributed by atoms with Gasteiger partial charge in [0.25, 0.3) is 0 Å². The zero-order valence-corrected chi connectivity index (χ0v) is 21.6. The summed E-state index contributed by atoms with van der Waals surface area (Å²) in [5.41, 5.74) is 2.47. The lowest BCUT2D eigenvalue weighted by molar-refractivity contribution is 0.475. The fourth-order valence-corrected chi connectivity index (χ4v) is 2.08. The molecule has 0 aliphatic carbocycles. The predicted octanol–water partition coefficient (Wildman–Crippen LogP) is 6.71. The molecular formula is C13H12Cl2I4N2O. The number of rotatable bonds is 1. The summed E-state index contributed by atoms with van der Waals surface area (Å²) in [6.07, 6.45) is 0. The monoisotopic (exact) mass is 790 g/mol. The van der Waals surface area contributed by atoms with Gasteiger partial charge >= 0.3 is 0 Å². The van der Waals surface area contributed by atoms with Gasteiger partial charge in [-0.05, 0) is 36.4 Å². The molecule has 0 unspecified atom stereocenters. The van der Waals surface area contributed by atoms with Crippen LogP contribution < -0.4 is 0 Å². The van der Waals surface area contributed by atoms with Crippen LogP contribution in [0, 0.1) is 0 Å². The largest absolute Gasteiger partial charge is 0.508 e. The standard InChI is InChI=1S/C13H8Cl2N2O.4HI/c14-9-5-11-12(6-10(9)15)17-13(16-11)7-1-3-8(18)4-2-7;;;;/h1-6,18H,(H,16,17);4*1H. The van der Waals surface area contributed by atoms with Crippen molar-refractivity contribution >= 4 is 130 Å². The molecule has 0 radical (unpaired) electrons. The van der Waals surface area contributed by atoms with Gasteiger partial charge in [0, 0.05) is 5.56 Å². The van der Waals surface area contributed by atoms with Gasteiger partial charge in [0.05, 0.1) is 21.1 Å². The molecule has 3 aromatic rings. The molecule has 0 aliphatic heterocycles. The third-order valence-corrected chi connectivity index (χ3v) is 3.39. The Morgan fingerprint density at radius 2 is 1.41 bits per heavy atom. The number of H-pyrrole nitrogens is 1. The van der Waals surface area contributed by atoms with E-state index in [1.165, 1.54) is 0 Å². The zero-order chi connectivity index (χ0) is 12.7. The van der Waals surface area contributed by atoms with Gasteiger partial charge < -0.3 is 10.1 Å². The maximum Gasteiger partial charge on any atom is 0.138 e. The third-order valence-electron chi connectivity index (χ3n) is 2.66. The van der Waals surface area contributed by atoms with Crippen LogP contribution in [-0.4, -0.2) is 15.1 Å². The van der Waals surface area contributed by atoms with Crippen LogP contribution in [0.2, 0.25) is 10.0 Å². The molecule has 0 saturated heterocycles. The summed E-state index contributed by atoms with van der Waals surface area (Å²) in [5, 5.41) is 10.2. The van der Waals surface area contributed by atoms with Crippen molar-refractivity contribution in [2.45, 2.75) is 0 Å². The van der Waals surface area contributed by atoms with E-state index < -0.39 is 0 Å². The van der Waals surface area contributed by atoms with Crippen molar-refractivity contribution in [3.63, 3.8) is 0 Å². The number of nitrogens with zero attached hydrogens (tertiary/aromatic N) is 1. The maximum absolute atomic E-state index is 9.25. The molecular weight excluding hydrogens is 779 g/mol. The topological polar surface area (TPSA) is 48.9 Å². The van der Waals surface area contributed by atoms with Gasteiger partial charge in [0.15, 0.2) is 0 Å². The molecule has 2 aromatic carbocycles. The van der Waals surface area contributed by atoms with E-state index in [9.17, 15) is 5.11 Å². The highest BCUT2D eigenvalue weighted by Gasteiger charge is 2.08. The third kappa shape index (κ3) is 5.63. The van der Waals surface area contributed by atoms with Crippen molar-refractivity contribution in [2.24, 2.45) is 0 Å². The van der Waals surface area contributed by atoms with E-state index in [2.05, 4.69) is 9.97 Å². The molecule has 1 aromatic heterocycles. The van der Waals surface area contributed by atoms with Gasteiger partial charge in [0.2, 0.25) is 0 Å². The molecule has 0 saturated carbocycles. The summed E-state index contributed by atoms with van der Waals surface area (Å²) >= 11 is 11.9. The van der Waals surface area contributed by atoms with E-state index in [0.29, 0.717) is 15.9 Å². The van der Waals surface area contributed by atoms with E-state index in [-0.39, 0.29) is 102 Å². The minimum atomic E-state index is 0. The number of nitrogens with one attached hydrogen (secondary N) is 1. The van der Waals surface area contributed by atoms with Crippen molar-refractivity contribution in [1.29, 1.82) is 0 Å². The Labute approximate surface area is 206 Å². The van der Waals surface area contributed by atoms with Crippen LogP contribution in [0.3, 0.4) is 0 Å². The molecule has 0 fully saturated rings. The van der Waals surface area contributed by atoms with Gasteiger partial charge in [-0.15, -0.1) is 95.9 Å². The summed E-state index contributed by atoms with van der Waals surface area (Å²) in [5.74, 6) is 0.935. The number of aromatic nitrogens is 2. The number of aromatic hydroxyl groups is 1. The van der Waals surface area contributed by atoms with Crippen LogP contribution in [0.4, 0.5) is 0 Å². The first-order valence-electron chi connectivity index (χ1n) is 5.27. The fraction of sp³-hybridized carbons (Fsp3) is 0. The maximum atomic E-state index is 9.25. The van der Waals surface area contributed by atoms with Gasteiger partial charge in [-0.1, -0.05) is 23.2 Å². The summed E-state index contributed by atoms with van der Waals surface area (Å²) in [6.45, 7) is 0. The Balaban J connectivity index is 0. The van der Waals surface area contributed by atoms with E-state index >= 15 is 0 Å². The molecule has 0 spiro atoms. The van der Waals surface area contributed by atoms with Crippen molar-refractivity contribution < 1.29 is 5.11 Å². The molecule has 0 aliphatic rings. The molecule has 122 valence electrons. The summed E-state index contributed by atoms with van der Waals surface area (Å²) in [6, 6.07) is 10.3. The van der Waals surface area contributed by atoms with E-state index in [4.69, 9.17) is 23.2 Å². The number of benzene rings is 2. The van der Waals surface area contributed by atoms with Gasteiger partial charge in [0.1, 0.15) is 11.6 Å². The summed E-state index contributed by atoms with van der Waals surface area (Å²) in [4.78, 5) is 7.60. The van der Waals surface area contributed by atoms with E-state index in [0.717, 1.165) is 16.6 Å². The molecule has 1 heterocycles. The van der Waals surface area contributed by atoms with Crippen molar-refractivity contribution in [3.8, 4) is 17.1 Å². The number of fused-ring (bicyclic) bond motifs is 1. The summed E-state index contributed by atoms with van der Waals surface area (Å²) < 4.78 is 0. The van der Waals surface area contributed by atoms with Crippen LogP contribution in [0.15, 0.2) is 36.4 Å².